The number of hydrogen-bond acceptors (Lipinski definition) is 2. The molecule has 0 radical (unpaired) electrons. The topological polar surface area (TPSA) is 18.5 Å². The normalized spacial score (nSPS) is 20.1. The highest BCUT2D eigenvalue weighted by Gasteiger charge is 2.41. The van der Waals surface area contributed by atoms with E-state index in [4.69, 9.17) is 9.16 Å². The van der Waals surface area contributed by atoms with Gasteiger partial charge in [-0.15, -0.1) is 0 Å². The third-order valence-corrected chi connectivity index (χ3v) is 10.3. The van der Waals surface area contributed by atoms with Crippen molar-refractivity contribution < 1.29 is 9.16 Å². The van der Waals surface area contributed by atoms with Crippen molar-refractivity contribution in [1.29, 1.82) is 0 Å². The zero-order chi connectivity index (χ0) is 18.3. The number of rotatable bonds is 4. The van der Waals surface area contributed by atoms with Gasteiger partial charge in [-0.25, -0.2) is 0 Å². The first-order valence-corrected chi connectivity index (χ1v) is 12.1. The van der Waals surface area contributed by atoms with Crippen molar-refractivity contribution in [1.82, 2.24) is 0 Å². The predicted molar refractivity (Wildman–Crippen MR) is 105 cm³/mol. The standard InChI is InChI=1S/C21H36O2Si/c1-20(2,3)19(22-7)17-12-10-11-16-15(17)13-14-18(16)23-24(8,9)21(4,5)6/h10-12,18-19H,13-14H2,1-9H3/t18?,19-/m1/s1. The Hall–Kier alpha value is -0.643. The van der Waals surface area contributed by atoms with Crippen molar-refractivity contribution in [2.24, 2.45) is 5.41 Å². The Kier molecular flexibility index (Phi) is 5.40. The third kappa shape index (κ3) is 3.78. The molecule has 0 aliphatic heterocycles. The van der Waals surface area contributed by atoms with Gasteiger partial charge >= 0.3 is 0 Å². The fourth-order valence-electron chi connectivity index (χ4n) is 3.49. The summed E-state index contributed by atoms with van der Waals surface area (Å²) in [5.74, 6) is 0. The highest BCUT2D eigenvalue weighted by atomic mass is 28.4. The van der Waals surface area contributed by atoms with Crippen molar-refractivity contribution in [2.45, 2.75) is 84.7 Å². The molecule has 2 nitrogen and oxygen atoms in total. The molecule has 24 heavy (non-hydrogen) atoms. The maximum atomic E-state index is 6.74. The lowest BCUT2D eigenvalue weighted by atomic mass is 9.82. The van der Waals surface area contributed by atoms with Crippen molar-refractivity contribution in [3.63, 3.8) is 0 Å². The molecule has 0 bridgehead atoms. The molecule has 136 valence electrons. The van der Waals surface area contributed by atoms with E-state index in [0.29, 0.717) is 0 Å². The molecule has 1 aliphatic carbocycles. The molecule has 0 spiro atoms. The predicted octanol–water partition coefficient (Wildman–Crippen LogP) is 6.43. The van der Waals surface area contributed by atoms with E-state index in [0.717, 1.165) is 12.8 Å². The van der Waals surface area contributed by atoms with Crippen LogP contribution >= 0.6 is 0 Å². The first-order valence-electron chi connectivity index (χ1n) is 9.21. The van der Waals surface area contributed by atoms with Gasteiger partial charge in [0.25, 0.3) is 0 Å². The highest BCUT2D eigenvalue weighted by molar-refractivity contribution is 6.74. The van der Waals surface area contributed by atoms with E-state index >= 15 is 0 Å². The molecular formula is C21H36O2Si. The minimum absolute atomic E-state index is 0.0856. The largest absolute Gasteiger partial charge is 0.410 e. The second kappa shape index (κ2) is 6.58. The van der Waals surface area contributed by atoms with Crippen LogP contribution in [0.1, 0.15) is 76.9 Å². The van der Waals surface area contributed by atoms with Crippen molar-refractivity contribution >= 4 is 8.32 Å². The fourth-order valence-corrected chi connectivity index (χ4v) is 4.80. The van der Waals surface area contributed by atoms with Gasteiger partial charge in [-0.2, -0.15) is 0 Å². The van der Waals surface area contributed by atoms with E-state index in [9.17, 15) is 0 Å². The lowest BCUT2D eigenvalue weighted by molar-refractivity contribution is 0.0146. The smallest absolute Gasteiger partial charge is 0.192 e. The van der Waals surface area contributed by atoms with E-state index in [1.54, 1.807) is 0 Å². The molecule has 2 rings (SSSR count). The molecule has 3 heteroatoms. The summed E-state index contributed by atoms with van der Waals surface area (Å²) in [4.78, 5) is 0. The molecule has 0 N–H and O–H groups in total. The van der Waals surface area contributed by atoms with Crippen LogP contribution in [0.2, 0.25) is 18.1 Å². The molecule has 0 amide bonds. The van der Waals surface area contributed by atoms with Crippen LogP contribution in [0.25, 0.3) is 0 Å². The third-order valence-electron chi connectivity index (χ3n) is 5.80. The van der Waals surface area contributed by atoms with Gasteiger partial charge < -0.3 is 9.16 Å². The van der Waals surface area contributed by atoms with E-state index in [-0.39, 0.29) is 22.7 Å². The minimum atomic E-state index is -1.76. The highest BCUT2D eigenvalue weighted by Crippen LogP contribution is 2.46. The van der Waals surface area contributed by atoms with Crippen LogP contribution in [-0.2, 0) is 15.6 Å². The summed E-state index contributed by atoms with van der Waals surface area (Å²) in [6.45, 7) is 18.4. The van der Waals surface area contributed by atoms with Crippen LogP contribution in [-0.4, -0.2) is 15.4 Å². The van der Waals surface area contributed by atoms with Crippen LogP contribution in [0.4, 0.5) is 0 Å². The molecule has 2 atom stereocenters. The van der Waals surface area contributed by atoms with Crippen molar-refractivity contribution in [3.8, 4) is 0 Å². The summed E-state index contributed by atoms with van der Waals surface area (Å²) in [5.41, 5.74) is 4.29. The zero-order valence-corrected chi connectivity index (χ0v) is 18.1. The fraction of sp³-hybridized carbons (Fsp3) is 0.714. The second-order valence-electron chi connectivity index (χ2n) is 9.80. The second-order valence-corrected chi connectivity index (χ2v) is 14.6. The SMILES string of the molecule is CO[C@H](c1cccc2c1CCC2O[Si](C)(C)C(C)(C)C)C(C)(C)C. The molecule has 0 saturated heterocycles. The Bertz CT molecular complexity index is 578. The van der Waals surface area contributed by atoms with Gasteiger partial charge in [0.2, 0.25) is 0 Å². The monoisotopic (exact) mass is 348 g/mol. The Morgan fingerprint density at radius 2 is 1.71 bits per heavy atom. The van der Waals surface area contributed by atoms with Crippen molar-refractivity contribution in [2.75, 3.05) is 7.11 Å². The lowest BCUT2D eigenvalue weighted by Gasteiger charge is -2.38. The van der Waals surface area contributed by atoms with Crippen molar-refractivity contribution in [3.05, 3.63) is 34.9 Å². The average Bonchev–Trinajstić information content (AvgIpc) is 2.80. The van der Waals surface area contributed by atoms with Gasteiger partial charge in [-0.1, -0.05) is 59.7 Å². The van der Waals surface area contributed by atoms with Crippen LogP contribution in [0, 0.1) is 5.41 Å². The lowest BCUT2D eigenvalue weighted by Crippen LogP contribution is -2.41. The first kappa shape index (κ1) is 19.7. The molecule has 1 aromatic rings. The van der Waals surface area contributed by atoms with Gasteiger partial charge in [0.1, 0.15) is 0 Å². The molecule has 0 fully saturated rings. The van der Waals surface area contributed by atoms with Crippen LogP contribution in [0.3, 0.4) is 0 Å². The molecule has 0 heterocycles. The summed E-state index contributed by atoms with van der Waals surface area (Å²) in [7, 11) is 0.0681. The van der Waals surface area contributed by atoms with E-state index in [1.165, 1.54) is 16.7 Å². The first-order chi connectivity index (χ1) is 10.9. The van der Waals surface area contributed by atoms with Crippen LogP contribution in [0.15, 0.2) is 18.2 Å². The summed E-state index contributed by atoms with van der Waals surface area (Å²) < 4.78 is 12.6. The number of ether oxygens (including phenoxy) is 1. The molecule has 1 unspecified atom stereocenters. The van der Waals surface area contributed by atoms with E-state index < -0.39 is 8.32 Å². The minimum Gasteiger partial charge on any atom is -0.410 e. The van der Waals surface area contributed by atoms with Gasteiger partial charge in [-0.3, -0.25) is 0 Å². The van der Waals surface area contributed by atoms with Gasteiger partial charge in [0, 0.05) is 7.11 Å². The number of benzene rings is 1. The maximum Gasteiger partial charge on any atom is 0.192 e. The number of hydrogen-bond donors (Lipinski definition) is 0. The quantitative estimate of drug-likeness (QED) is 0.584. The summed E-state index contributed by atoms with van der Waals surface area (Å²) in [6.07, 6.45) is 2.57. The van der Waals surface area contributed by atoms with Gasteiger partial charge in [0.05, 0.1) is 12.2 Å². The van der Waals surface area contributed by atoms with Crippen LogP contribution in [0.5, 0.6) is 0 Å². The molecule has 0 aromatic heterocycles. The Labute approximate surface area is 150 Å². The van der Waals surface area contributed by atoms with E-state index in [1.807, 2.05) is 7.11 Å². The molecule has 0 saturated carbocycles. The maximum absolute atomic E-state index is 6.74. The zero-order valence-electron chi connectivity index (χ0n) is 17.1. The number of methoxy groups -OCH3 is 1. The van der Waals surface area contributed by atoms with Gasteiger partial charge in [-0.05, 0) is 53.1 Å². The van der Waals surface area contributed by atoms with E-state index in [2.05, 4.69) is 72.8 Å². The molecule has 1 aromatic carbocycles. The Balaban J connectivity index is 2.35. The van der Waals surface area contributed by atoms with Crippen LogP contribution < -0.4 is 0 Å². The Morgan fingerprint density at radius 3 is 2.21 bits per heavy atom. The molecule has 1 aliphatic rings. The average molecular weight is 349 g/mol. The summed E-state index contributed by atoms with van der Waals surface area (Å²) in [5, 5.41) is 0.244. The Morgan fingerprint density at radius 1 is 1.08 bits per heavy atom. The summed E-state index contributed by atoms with van der Waals surface area (Å²) in [6, 6.07) is 6.69. The number of fused-ring (bicyclic) bond motifs is 1. The summed E-state index contributed by atoms with van der Waals surface area (Å²) >= 11 is 0. The molecular weight excluding hydrogens is 312 g/mol. The van der Waals surface area contributed by atoms with Gasteiger partial charge in [0.15, 0.2) is 8.32 Å².